The summed E-state index contributed by atoms with van der Waals surface area (Å²) >= 11 is 0. The third kappa shape index (κ3) is 7.45. The van der Waals surface area contributed by atoms with Crippen LogP contribution in [0.25, 0.3) is 0 Å². The van der Waals surface area contributed by atoms with Gasteiger partial charge >= 0.3 is 0 Å². The van der Waals surface area contributed by atoms with E-state index in [4.69, 9.17) is 0 Å². The topological polar surface area (TPSA) is 0 Å². The van der Waals surface area contributed by atoms with E-state index < -0.39 is 0 Å². The summed E-state index contributed by atoms with van der Waals surface area (Å²) in [6, 6.07) is 3.97. The van der Waals surface area contributed by atoms with Crippen molar-refractivity contribution in [2.75, 3.05) is 0 Å². The Bertz CT molecular complexity index is 501. The molecule has 1 rings (SSSR count). The highest BCUT2D eigenvalue weighted by atomic mass is 14.3. The molecule has 0 N–H and O–H groups in total. The second kappa shape index (κ2) is 10.5. The van der Waals surface area contributed by atoms with Gasteiger partial charge in [0.1, 0.15) is 0 Å². The molecule has 26 heavy (non-hydrogen) atoms. The Labute approximate surface area is 165 Å². The van der Waals surface area contributed by atoms with Crippen molar-refractivity contribution in [3.63, 3.8) is 0 Å². The molecule has 0 nitrogen and oxygen atoms in total. The number of hydrogen-bond acceptors (Lipinski definition) is 0. The predicted octanol–water partition coefficient (Wildman–Crippen LogP) is 7.48. The molecule has 0 aliphatic rings. The molecule has 0 unspecified atom stereocenters. The van der Waals surface area contributed by atoms with Gasteiger partial charge in [0.15, 0.2) is 0 Å². The van der Waals surface area contributed by atoms with Gasteiger partial charge in [-0.15, -0.1) is 0 Å². The van der Waals surface area contributed by atoms with Crippen LogP contribution in [-0.4, -0.2) is 0 Å². The van der Waals surface area contributed by atoms with E-state index in [1.807, 2.05) is 0 Å². The lowest BCUT2D eigenvalue weighted by atomic mass is 9.78. The first kappa shape index (κ1) is 23.3. The summed E-state index contributed by atoms with van der Waals surface area (Å²) in [7, 11) is 0. The highest BCUT2D eigenvalue weighted by Gasteiger charge is 2.21. The van der Waals surface area contributed by atoms with Crippen LogP contribution in [-0.2, 0) is 32.1 Å². The van der Waals surface area contributed by atoms with Crippen LogP contribution in [0.3, 0.4) is 0 Å². The predicted molar refractivity (Wildman–Crippen MR) is 118 cm³/mol. The highest BCUT2D eigenvalue weighted by molar-refractivity contribution is 5.47. The average molecular weight is 358 g/mol. The minimum Gasteiger partial charge on any atom is -0.0625 e. The van der Waals surface area contributed by atoms with Crippen molar-refractivity contribution < 1.29 is 0 Å². The molecule has 149 valence electrons. The first-order valence-corrected chi connectivity index (χ1v) is 11.1. The zero-order valence-corrected chi connectivity index (χ0v) is 19.4. The molecule has 0 saturated carbocycles. The Morgan fingerprint density at radius 3 is 0.962 bits per heavy atom. The fourth-order valence-corrected chi connectivity index (χ4v) is 4.01. The van der Waals surface area contributed by atoms with Gasteiger partial charge in [-0.3, -0.25) is 0 Å². The third-order valence-corrected chi connectivity index (χ3v) is 4.82. The van der Waals surface area contributed by atoms with Crippen molar-refractivity contribution in [3.8, 4) is 0 Å². The molecule has 1 aromatic carbocycles. The van der Waals surface area contributed by atoms with Crippen molar-refractivity contribution in [3.05, 3.63) is 33.9 Å². The molecule has 0 spiro atoms. The van der Waals surface area contributed by atoms with Crippen molar-refractivity contribution >= 4 is 0 Å². The van der Waals surface area contributed by atoms with Gasteiger partial charge in [-0.25, -0.2) is 0 Å². The SMILES string of the molecule is CC(C)Cc1[c]c(CC(C)C)c(CC(C)C)c(CC(C)C)c1CC(C)C. The Kier molecular flexibility index (Phi) is 9.42. The highest BCUT2D eigenvalue weighted by Crippen LogP contribution is 2.32. The molecule has 0 amide bonds. The Morgan fingerprint density at radius 1 is 0.423 bits per heavy atom. The fourth-order valence-electron chi connectivity index (χ4n) is 4.01. The van der Waals surface area contributed by atoms with Gasteiger partial charge in [0.2, 0.25) is 0 Å². The van der Waals surface area contributed by atoms with Crippen molar-refractivity contribution in [2.24, 2.45) is 29.6 Å². The van der Waals surface area contributed by atoms with Crippen molar-refractivity contribution in [1.82, 2.24) is 0 Å². The summed E-state index contributed by atoms with van der Waals surface area (Å²) in [5.41, 5.74) is 8.02. The molecule has 0 saturated heterocycles. The second-order valence-electron chi connectivity index (χ2n) is 10.5. The van der Waals surface area contributed by atoms with Crippen molar-refractivity contribution in [2.45, 2.75) is 101 Å². The summed E-state index contributed by atoms with van der Waals surface area (Å²) in [6.07, 6.45) is 5.96. The summed E-state index contributed by atoms with van der Waals surface area (Å²) in [5, 5.41) is 0. The van der Waals surface area contributed by atoms with Gasteiger partial charge in [0.25, 0.3) is 0 Å². The molecule has 0 aliphatic carbocycles. The number of benzene rings is 1. The average Bonchev–Trinajstić information content (AvgIpc) is 2.44. The maximum atomic E-state index is 3.97. The molecular formula is C26H45. The van der Waals surface area contributed by atoms with E-state index in [-0.39, 0.29) is 0 Å². The smallest absolute Gasteiger partial charge is 0.0108 e. The zero-order valence-electron chi connectivity index (χ0n) is 19.4. The van der Waals surface area contributed by atoms with E-state index in [2.05, 4.69) is 75.3 Å². The molecule has 0 heterocycles. The molecule has 0 heteroatoms. The van der Waals surface area contributed by atoms with Crippen LogP contribution in [0, 0.1) is 35.7 Å². The maximum absolute atomic E-state index is 3.97. The lowest BCUT2D eigenvalue weighted by Crippen LogP contribution is -2.16. The maximum Gasteiger partial charge on any atom is -0.0108 e. The Balaban J connectivity index is 3.68. The van der Waals surface area contributed by atoms with Crippen LogP contribution in [0.4, 0.5) is 0 Å². The molecule has 0 fully saturated rings. The lowest BCUT2D eigenvalue weighted by molar-refractivity contribution is 0.572. The van der Waals surface area contributed by atoms with E-state index in [1.54, 1.807) is 16.7 Å². The van der Waals surface area contributed by atoms with Crippen LogP contribution < -0.4 is 0 Å². The minimum atomic E-state index is 0.687. The first-order chi connectivity index (χ1) is 12.0. The van der Waals surface area contributed by atoms with Crippen LogP contribution >= 0.6 is 0 Å². The molecule has 1 radical (unpaired) electrons. The van der Waals surface area contributed by atoms with E-state index in [1.165, 1.54) is 43.2 Å². The summed E-state index contributed by atoms with van der Waals surface area (Å²) < 4.78 is 0. The lowest BCUT2D eigenvalue weighted by Gasteiger charge is -2.26. The van der Waals surface area contributed by atoms with Crippen LogP contribution in [0.5, 0.6) is 0 Å². The first-order valence-electron chi connectivity index (χ1n) is 11.1. The zero-order chi connectivity index (χ0) is 20.0. The van der Waals surface area contributed by atoms with E-state index in [9.17, 15) is 0 Å². The van der Waals surface area contributed by atoms with E-state index in [0.717, 1.165) is 0 Å². The summed E-state index contributed by atoms with van der Waals surface area (Å²) in [6.45, 7) is 23.6. The van der Waals surface area contributed by atoms with E-state index in [0.29, 0.717) is 29.6 Å². The van der Waals surface area contributed by atoms with Gasteiger partial charge in [-0.2, -0.15) is 0 Å². The van der Waals surface area contributed by atoms with Crippen molar-refractivity contribution in [1.29, 1.82) is 0 Å². The molecule has 1 aromatic rings. The minimum absolute atomic E-state index is 0.687. The molecule has 0 atom stereocenters. The molecule has 0 aliphatic heterocycles. The molecule has 0 aromatic heterocycles. The van der Waals surface area contributed by atoms with Gasteiger partial charge < -0.3 is 0 Å². The third-order valence-electron chi connectivity index (χ3n) is 4.82. The van der Waals surface area contributed by atoms with E-state index >= 15 is 0 Å². The summed E-state index contributed by atoms with van der Waals surface area (Å²) in [4.78, 5) is 0. The van der Waals surface area contributed by atoms with Crippen LogP contribution in [0.15, 0.2) is 0 Å². The van der Waals surface area contributed by atoms with Crippen LogP contribution in [0.2, 0.25) is 0 Å². The number of hydrogen-bond donors (Lipinski definition) is 0. The second-order valence-corrected chi connectivity index (χ2v) is 10.5. The van der Waals surface area contributed by atoms with Gasteiger partial charge in [0.05, 0.1) is 0 Å². The van der Waals surface area contributed by atoms with Gasteiger partial charge in [-0.05, 0) is 95.6 Å². The summed E-state index contributed by atoms with van der Waals surface area (Å²) in [5.74, 6) is 3.47. The van der Waals surface area contributed by atoms with Crippen LogP contribution in [0.1, 0.15) is 97.1 Å². The molecule has 0 bridgehead atoms. The van der Waals surface area contributed by atoms with Gasteiger partial charge in [0, 0.05) is 0 Å². The number of rotatable bonds is 10. The standard InChI is InChI=1S/C26H45/c1-17(2)11-22-16-23(12-18(3)4)25(14-20(7)8)26(15-21(9)10)24(22)13-19(5)6/h17-21H,11-15H2,1-10H3. The monoisotopic (exact) mass is 357 g/mol. The Hall–Kier alpha value is -0.780. The largest absolute Gasteiger partial charge is 0.0625 e. The quantitative estimate of drug-likeness (QED) is 0.407. The normalized spacial score (nSPS) is 12.4. The Morgan fingerprint density at radius 2 is 0.692 bits per heavy atom. The van der Waals surface area contributed by atoms with Gasteiger partial charge in [-0.1, -0.05) is 69.2 Å². The molecular weight excluding hydrogens is 312 g/mol. The fraction of sp³-hybridized carbons (Fsp3) is 0.769.